The van der Waals surface area contributed by atoms with E-state index in [0.717, 1.165) is 54.3 Å². The first-order valence-electron chi connectivity index (χ1n) is 14.2. The molecule has 3 aromatic rings. The predicted octanol–water partition coefficient (Wildman–Crippen LogP) is 7.17. The summed E-state index contributed by atoms with van der Waals surface area (Å²) < 4.78 is 12.2. The van der Waals surface area contributed by atoms with Crippen molar-refractivity contribution in [2.75, 3.05) is 33.8 Å². The van der Waals surface area contributed by atoms with Crippen molar-refractivity contribution >= 4 is 0 Å². The maximum atomic E-state index is 11.1. The van der Waals surface area contributed by atoms with Gasteiger partial charge in [0.15, 0.2) is 0 Å². The zero-order valence-electron chi connectivity index (χ0n) is 25.8. The molecule has 214 valence electrons. The van der Waals surface area contributed by atoms with Gasteiger partial charge in [-0.05, 0) is 67.8 Å². The van der Waals surface area contributed by atoms with E-state index >= 15 is 0 Å². The molecule has 0 radical (unpaired) electrons. The normalized spacial score (nSPS) is 12.5. The van der Waals surface area contributed by atoms with Crippen LogP contribution in [0.5, 0.6) is 11.5 Å². The molecular formula is C33H49N3O3. The number of nitrogens with zero attached hydrogens (tertiary/aromatic N) is 3. The van der Waals surface area contributed by atoms with E-state index in [1.807, 2.05) is 12.1 Å². The standard InChI is InChI=1S/C33H49N3O3/c1-11-35(9)20-23-13-14-29(25(17-23)21-36(10)12-2)38-16-15-26-22-39-31(34-26)24-18-27(32(3,4)5)30(37)28(19-24)33(6,7)8/h13-14,17-19,22,37H,11-12,15-16,20-21H2,1-10H3. The van der Waals surface area contributed by atoms with Crippen molar-refractivity contribution in [1.29, 1.82) is 0 Å². The molecule has 0 saturated heterocycles. The first-order valence-corrected chi connectivity index (χ1v) is 14.2. The molecule has 6 heteroatoms. The third kappa shape index (κ3) is 8.09. The molecule has 0 unspecified atom stereocenters. The molecule has 0 aliphatic rings. The van der Waals surface area contributed by atoms with Crippen LogP contribution in [0.1, 0.15) is 83.3 Å². The average Bonchev–Trinajstić information content (AvgIpc) is 3.32. The molecule has 1 N–H and O–H groups in total. The lowest BCUT2D eigenvalue weighted by Crippen LogP contribution is -2.19. The second-order valence-corrected chi connectivity index (χ2v) is 12.8. The molecule has 6 nitrogen and oxygen atoms in total. The van der Waals surface area contributed by atoms with Gasteiger partial charge in [-0.15, -0.1) is 0 Å². The number of hydrogen-bond acceptors (Lipinski definition) is 6. The molecule has 1 heterocycles. The molecule has 0 bridgehead atoms. The Bertz CT molecular complexity index is 1200. The fourth-order valence-corrected chi connectivity index (χ4v) is 4.54. The van der Waals surface area contributed by atoms with Gasteiger partial charge in [0.05, 0.1) is 12.3 Å². The van der Waals surface area contributed by atoms with Crippen molar-refractivity contribution in [2.24, 2.45) is 0 Å². The quantitative estimate of drug-likeness (QED) is 0.281. The highest BCUT2D eigenvalue weighted by molar-refractivity contribution is 5.63. The second kappa shape index (κ2) is 12.6. The Hall–Kier alpha value is -2.83. The lowest BCUT2D eigenvalue weighted by Gasteiger charge is -2.27. The zero-order valence-corrected chi connectivity index (χ0v) is 25.8. The van der Waals surface area contributed by atoms with Gasteiger partial charge in [-0.1, -0.05) is 61.5 Å². The Morgan fingerprint density at radius 1 is 0.872 bits per heavy atom. The van der Waals surface area contributed by atoms with Crippen molar-refractivity contribution in [3.8, 4) is 23.0 Å². The Labute approximate surface area is 236 Å². The zero-order chi connectivity index (χ0) is 29.0. The summed E-state index contributed by atoms with van der Waals surface area (Å²) in [5, 5.41) is 11.1. The van der Waals surface area contributed by atoms with Crippen LogP contribution in [0.2, 0.25) is 0 Å². The minimum absolute atomic E-state index is 0.214. The predicted molar refractivity (Wildman–Crippen MR) is 161 cm³/mol. The molecule has 39 heavy (non-hydrogen) atoms. The molecule has 0 atom stereocenters. The number of ether oxygens (including phenoxy) is 1. The second-order valence-electron chi connectivity index (χ2n) is 12.8. The molecule has 0 saturated carbocycles. The van der Waals surface area contributed by atoms with Crippen LogP contribution in [0.15, 0.2) is 41.0 Å². The summed E-state index contributed by atoms with van der Waals surface area (Å²) in [5.41, 5.74) is 5.59. The smallest absolute Gasteiger partial charge is 0.226 e. The molecule has 2 aromatic carbocycles. The highest BCUT2D eigenvalue weighted by Gasteiger charge is 2.27. The number of aromatic nitrogens is 1. The number of hydrogen-bond donors (Lipinski definition) is 1. The monoisotopic (exact) mass is 535 g/mol. The average molecular weight is 536 g/mol. The summed E-state index contributed by atoms with van der Waals surface area (Å²) in [5.74, 6) is 1.84. The maximum absolute atomic E-state index is 11.1. The number of rotatable bonds is 11. The maximum Gasteiger partial charge on any atom is 0.226 e. The summed E-state index contributed by atoms with van der Waals surface area (Å²) in [6.45, 7) is 21.3. The van der Waals surface area contributed by atoms with Crippen LogP contribution in [0.25, 0.3) is 11.5 Å². The topological polar surface area (TPSA) is 62.0 Å². The molecule has 1 aromatic heterocycles. The van der Waals surface area contributed by atoms with Crippen LogP contribution in [0, 0.1) is 0 Å². The van der Waals surface area contributed by atoms with Crippen LogP contribution in [-0.4, -0.2) is 53.7 Å². The van der Waals surface area contributed by atoms with Gasteiger partial charge in [-0.3, -0.25) is 0 Å². The first-order chi connectivity index (χ1) is 18.2. The van der Waals surface area contributed by atoms with Crippen LogP contribution in [-0.2, 0) is 30.3 Å². The van der Waals surface area contributed by atoms with E-state index in [0.29, 0.717) is 24.7 Å². The third-order valence-electron chi connectivity index (χ3n) is 7.24. The highest BCUT2D eigenvalue weighted by atomic mass is 16.5. The SMILES string of the molecule is CCN(C)Cc1ccc(OCCc2coc(-c3cc(C(C)(C)C)c(O)c(C(C)(C)C)c3)n2)c(CN(C)CC)c1. The number of phenolic OH excluding ortho intramolecular Hbond substituents is 1. The summed E-state index contributed by atoms with van der Waals surface area (Å²) in [7, 11) is 4.27. The van der Waals surface area contributed by atoms with Gasteiger partial charge in [0.1, 0.15) is 17.8 Å². The van der Waals surface area contributed by atoms with Gasteiger partial charge < -0.3 is 24.1 Å². The van der Waals surface area contributed by atoms with E-state index in [9.17, 15) is 5.11 Å². The summed E-state index contributed by atoms with van der Waals surface area (Å²) in [6.07, 6.45) is 2.36. The third-order valence-corrected chi connectivity index (χ3v) is 7.24. The van der Waals surface area contributed by atoms with E-state index in [-0.39, 0.29) is 10.8 Å². The van der Waals surface area contributed by atoms with Crippen molar-refractivity contribution in [3.05, 3.63) is 64.5 Å². The van der Waals surface area contributed by atoms with Crippen LogP contribution in [0.3, 0.4) is 0 Å². The van der Waals surface area contributed by atoms with E-state index in [4.69, 9.17) is 14.1 Å². The minimum atomic E-state index is -0.214. The molecule has 0 aliphatic heterocycles. The highest BCUT2D eigenvalue weighted by Crippen LogP contribution is 2.41. The van der Waals surface area contributed by atoms with Crippen molar-refractivity contribution in [1.82, 2.24) is 14.8 Å². The van der Waals surface area contributed by atoms with Gasteiger partial charge >= 0.3 is 0 Å². The van der Waals surface area contributed by atoms with E-state index in [1.165, 1.54) is 11.1 Å². The van der Waals surface area contributed by atoms with Gasteiger partial charge in [0.2, 0.25) is 5.89 Å². The number of phenols is 1. The van der Waals surface area contributed by atoms with Gasteiger partial charge in [0, 0.05) is 41.8 Å². The lowest BCUT2D eigenvalue weighted by molar-refractivity contribution is 0.299. The van der Waals surface area contributed by atoms with Gasteiger partial charge in [-0.25, -0.2) is 4.98 Å². The number of benzene rings is 2. The van der Waals surface area contributed by atoms with E-state index in [1.54, 1.807) is 6.26 Å². The fraction of sp³-hybridized carbons (Fsp3) is 0.545. The van der Waals surface area contributed by atoms with Crippen molar-refractivity contribution in [2.45, 2.75) is 85.7 Å². The van der Waals surface area contributed by atoms with Crippen molar-refractivity contribution < 1.29 is 14.3 Å². The molecular weight excluding hydrogens is 486 g/mol. The van der Waals surface area contributed by atoms with Crippen LogP contribution >= 0.6 is 0 Å². The van der Waals surface area contributed by atoms with Gasteiger partial charge in [0.25, 0.3) is 0 Å². The Morgan fingerprint density at radius 3 is 2.03 bits per heavy atom. The Morgan fingerprint density at radius 2 is 1.46 bits per heavy atom. The van der Waals surface area contributed by atoms with Gasteiger partial charge in [-0.2, -0.15) is 0 Å². The Kier molecular flexibility index (Phi) is 9.89. The van der Waals surface area contributed by atoms with E-state index in [2.05, 4.69) is 97.5 Å². The molecule has 0 amide bonds. The fourth-order valence-electron chi connectivity index (χ4n) is 4.54. The molecule has 0 spiro atoms. The largest absolute Gasteiger partial charge is 0.507 e. The number of aromatic hydroxyl groups is 1. The molecule has 0 aliphatic carbocycles. The lowest BCUT2D eigenvalue weighted by atomic mass is 9.78. The molecule has 0 fully saturated rings. The summed E-state index contributed by atoms with van der Waals surface area (Å²) in [6, 6.07) is 10.5. The van der Waals surface area contributed by atoms with Crippen LogP contribution < -0.4 is 4.74 Å². The van der Waals surface area contributed by atoms with Crippen LogP contribution in [0.4, 0.5) is 0 Å². The summed E-state index contributed by atoms with van der Waals surface area (Å²) in [4.78, 5) is 9.37. The number of oxazole rings is 1. The molecule has 3 rings (SSSR count). The Balaban J connectivity index is 1.78. The summed E-state index contributed by atoms with van der Waals surface area (Å²) >= 11 is 0. The van der Waals surface area contributed by atoms with E-state index < -0.39 is 0 Å². The van der Waals surface area contributed by atoms with Crippen molar-refractivity contribution in [3.63, 3.8) is 0 Å². The first kappa shape index (κ1) is 30.7. The minimum Gasteiger partial charge on any atom is -0.507 e.